The zero-order valence-corrected chi connectivity index (χ0v) is 14.9. The summed E-state index contributed by atoms with van der Waals surface area (Å²) >= 11 is 3.66. The molecule has 0 aliphatic rings. The van der Waals surface area contributed by atoms with Crippen molar-refractivity contribution >= 4 is 15.9 Å². The highest BCUT2D eigenvalue weighted by Crippen LogP contribution is 2.31. The molecule has 1 N–H and O–H groups in total. The van der Waals surface area contributed by atoms with Crippen molar-refractivity contribution in [3.05, 3.63) is 68.7 Å². The van der Waals surface area contributed by atoms with Gasteiger partial charge >= 0.3 is 0 Å². The molecule has 2 aromatic rings. The Kier molecular flexibility index (Phi) is 5.60. The predicted octanol–water partition coefficient (Wildman–Crippen LogP) is 5.46. The summed E-state index contributed by atoms with van der Waals surface area (Å²) in [5.74, 6) is 0. The summed E-state index contributed by atoms with van der Waals surface area (Å²) in [5, 5.41) is 3.72. The molecule has 2 rings (SSSR count). The van der Waals surface area contributed by atoms with E-state index in [0.717, 1.165) is 13.0 Å². The van der Waals surface area contributed by atoms with Crippen LogP contribution in [0.5, 0.6) is 0 Å². The first-order valence-electron chi connectivity index (χ1n) is 7.60. The van der Waals surface area contributed by atoms with Crippen molar-refractivity contribution in [1.29, 1.82) is 0 Å². The maximum Gasteiger partial charge on any atom is 0.0582 e. The van der Waals surface area contributed by atoms with Crippen molar-refractivity contribution in [2.75, 3.05) is 6.54 Å². The highest BCUT2D eigenvalue weighted by Gasteiger charge is 2.18. The summed E-state index contributed by atoms with van der Waals surface area (Å²) in [6.45, 7) is 9.82. The summed E-state index contributed by atoms with van der Waals surface area (Å²) in [6.07, 6.45) is 1.13. The third-order valence-electron chi connectivity index (χ3n) is 4.18. The van der Waals surface area contributed by atoms with E-state index in [4.69, 9.17) is 0 Å². The number of aryl methyl sites for hydroxylation is 1. The molecule has 0 heterocycles. The molecule has 1 atom stereocenters. The SMILES string of the molecule is CCCNC(c1cccc(C)c1C)c1cccc(Br)c1C. The van der Waals surface area contributed by atoms with Crippen molar-refractivity contribution in [3.8, 4) is 0 Å². The largest absolute Gasteiger partial charge is 0.306 e. The second-order valence-electron chi connectivity index (χ2n) is 5.63. The number of benzene rings is 2. The van der Waals surface area contributed by atoms with Gasteiger partial charge < -0.3 is 5.32 Å². The summed E-state index contributed by atoms with van der Waals surface area (Å²) in [4.78, 5) is 0. The van der Waals surface area contributed by atoms with Crippen molar-refractivity contribution < 1.29 is 0 Å². The van der Waals surface area contributed by atoms with E-state index < -0.39 is 0 Å². The molecule has 0 radical (unpaired) electrons. The fourth-order valence-electron chi connectivity index (χ4n) is 2.70. The highest BCUT2D eigenvalue weighted by molar-refractivity contribution is 9.10. The van der Waals surface area contributed by atoms with Gasteiger partial charge in [-0.05, 0) is 67.6 Å². The maximum absolute atomic E-state index is 3.72. The van der Waals surface area contributed by atoms with Gasteiger partial charge in [0.25, 0.3) is 0 Å². The number of rotatable bonds is 5. The minimum atomic E-state index is 0.252. The quantitative estimate of drug-likeness (QED) is 0.758. The van der Waals surface area contributed by atoms with Crippen molar-refractivity contribution in [1.82, 2.24) is 5.32 Å². The van der Waals surface area contributed by atoms with E-state index in [-0.39, 0.29) is 6.04 Å². The fraction of sp³-hybridized carbons (Fsp3) is 0.368. The zero-order chi connectivity index (χ0) is 15.4. The fourth-order valence-corrected chi connectivity index (χ4v) is 3.08. The summed E-state index contributed by atoms with van der Waals surface area (Å²) in [5.41, 5.74) is 6.78. The zero-order valence-electron chi connectivity index (χ0n) is 13.3. The topological polar surface area (TPSA) is 12.0 Å². The van der Waals surface area contributed by atoms with E-state index in [0.29, 0.717) is 0 Å². The molecule has 0 saturated heterocycles. The lowest BCUT2D eigenvalue weighted by Crippen LogP contribution is -2.25. The maximum atomic E-state index is 3.72. The molecule has 0 aromatic heterocycles. The van der Waals surface area contributed by atoms with E-state index in [9.17, 15) is 0 Å². The summed E-state index contributed by atoms with van der Waals surface area (Å²) in [6, 6.07) is 13.3. The minimum absolute atomic E-state index is 0.252. The van der Waals surface area contributed by atoms with Gasteiger partial charge in [-0.3, -0.25) is 0 Å². The van der Waals surface area contributed by atoms with Crippen LogP contribution in [0.15, 0.2) is 40.9 Å². The summed E-state index contributed by atoms with van der Waals surface area (Å²) in [7, 11) is 0. The standard InChI is InChI=1S/C19H24BrN/c1-5-12-21-19(16-9-6-8-13(2)14(16)3)17-10-7-11-18(20)15(17)4/h6-11,19,21H,5,12H2,1-4H3. The smallest absolute Gasteiger partial charge is 0.0582 e. The average Bonchev–Trinajstić information content (AvgIpc) is 2.47. The molecule has 2 heteroatoms. The second-order valence-corrected chi connectivity index (χ2v) is 6.48. The van der Waals surface area contributed by atoms with Gasteiger partial charge in [0, 0.05) is 4.47 Å². The van der Waals surface area contributed by atoms with Gasteiger partial charge in [0.2, 0.25) is 0 Å². The van der Waals surface area contributed by atoms with Crippen LogP contribution in [-0.2, 0) is 0 Å². The highest BCUT2D eigenvalue weighted by atomic mass is 79.9. The van der Waals surface area contributed by atoms with Crippen LogP contribution in [0.25, 0.3) is 0 Å². The van der Waals surface area contributed by atoms with E-state index in [1.54, 1.807) is 0 Å². The molecule has 2 aromatic carbocycles. The van der Waals surface area contributed by atoms with Crippen LogP contribution >= 0.6 is 15.9 Å². The molecule has 0 bridgehead atoms. The lowest BCUT2D eigenvalue weighted by molar-refractivity contribution is 0.593. The molecule has 1 nitrogen and oxygen atoms in total. The summed E-state index contributed by atoms with van der Waals surface area (Å²) < 4.78 is 1.17. The van der Waals surface area contributed by atoms with Crippen LogP contribution in [0.2, 0.25) is 0 Å². The number of nitrogens with one attached hydrogen (secondary N) is 1. The molecule has 0 saturated carbocycles. The number of hydrogen-bond acceptors (Lipinski definition) is 1. The van der Waals surface area contributed by atoms with Crippen LogP contribution in [0.3, 0.4) is 0 Å². The number of hydrogen-bond donors (Lipinski definition) is 1. The third-order valence-corrected chi connectivity index (χ3v) is 5.04. The molecule has 0 aliphatic carbocycles. The molecular formula is C19H24BrN. The van der Waals surface area contributed by atoms with Gasteiger partial charge in [-0.2, -0.15) is 0 Å². The van der Waals surface area contributed by atoms with E-state index in [1.165, 1.54) is 32.3 Å². The Morgan fingerprint density at radius 2 is 1.57 bits per heavy atom. The van der Waals surface area contributed by atoms with Crippen molar-refractivity contribution in [3.63, 3.8) is 0 Å². The lowest BCUT2D eigenvalue weighted by Gasteiger charge is -2.24. The molecule has 21 heavy (non-hydrogen) atoms. The molecule has 112 valence electrons. The average molecular weight is 346 g/mol. The van der Waals surface area contributed by atoms with Crippen LogP contribution in [0, 0.1) is 20.8 Å². The molecule has 0 aliphatic heterocycles. The molecule has 1 unspecified atom stereocenters. The monoisotopic (exact) mass is 345 g/mol. The first kappa shape index (κ1) is 16.3. The van der Waals surface area contributed by atoms with Crippen LogP contribution in [-0.4, -0.2) is 6.54 Å². The Morgan fingerprint density at radius 3 is 2.24 bits per heavy atom. The van der Waals surface area contributed by atoms with E-state index >= 15 is 0 Å². The van der Waals surface area contributed by atoms with Gasteiger partial charge in [0.05, 0.1) is 6.04 Å². The molecular weight excluding hydrogens is 322 g/mol. The predicted molar refractivity (Wildman–Crippen MR) is 94.9 cm³/mol. The van der Waals surface area contributed by atoms with Gasteiger partial charge in [0.1, 0.15) is 0 Å². The Balaban J connectivity index is 2.52. The van der Waals surface area contributed by atoms with Crippen LogP contribution < -0.4 is 5.32 Å². The second kappa shape index (κ2) is 7.24. The Morgan fingerprint density at radius 1 is 0.952 bits per heavy atom. The lowest BCUT2D eigenvalue weighted by atomic mass is 9.90. The van der Waals surface area contributed by atoms with Gasteiger partial charge in [0.15, 0.2) is 0 Å². The normalized spacial score (nSPS) is 12.4. The first-order chi connectivity index (χ1) is 10.1. The molecule has 0 fully saturated rings. The van der Waals surface area contributed by atoms with Crippen LogP contribution in [0.1, 0.15) is 47.2 Å². The van der Waals surface area contributed by atoms with Crippen molar-refractivity contribution in [2.45, 2.75) is 40.2 Å². The minimum Gasteiger partial charge on any atom is -0.306 e. The van der Waals surface area contributed by atoms with E-state index in [1.807, 2.05) is 0 Å². The van der Waals surface area contributed by atoms with Gasteiger partial charge in [-0.25, -0.2) is 0 Å². The first-order valence-corrected chi connectivity index (χ1v) is 8.40. The Labute approximate surface area is 136 Å². The van der Waals surface area contributed by atoms with Crippen molar-refractivity contribution in [2.24, 2.45) is 0 Å². The third kappa shape index (κ3) is 3.56. The number of halogens is 1. The van der Waals surface area contributed by atoms with E-state index in [2.05, 4.69) is 85.3 Å². The molecule has 0 spiro atoms. The van der Waals surface area contributed by atoms with Crippen LogP contribution in [0.4, 0.5) is 0 Å². The Hall–Kier alpha value is -1.12. The van der Waals surface area contributed by atoms with Gasteiger partial charge in [-0.1, -0.05) is 53.2 Å². The van der Waals surface area contributed by atoms with Gasteiger partial charge in [-0.15, -0.1) is 0 Å². The molecule has 0 amide bonds. The Bertz CT molecular complexity index is 567.